The van der Waals surface area contributed by atoms with E-state index in [0.29, 0.717) is 12.5 Å². The summed E-state index contributed by atoms with van der Waals surface area (Å²) in [5.41, 5.74) is 4.26. The van der Waals surface area contributed by atoms with Crippen molar-refractivity contribution in [2.45, 2.75) is 53.2 Å². The highest BCUT2D eigenvalue weighted by atomic mass is 16.5. The van der Waals surface area contributed by atoms with Crippen LogP contribution in [0.4, 0.5) is 0 Å². The molecule has 2 aromatic carbocycles. The molecule has 0 radical (unpaired) electrons. The Bertz CT molecular complexity index is 1030. The summed E-state index contributed by atoms with van der Waals surface area (Å²) in [4.78, 5) is 11.1. The van der Waals surface area contributed by atoms with E-state index < -0.39 is 5.97 Å². The number of ether oxygens (including phenoxy) is 1. The normalized spacial score (nSPS) is 12.7. The summed E-state index contributed by atoms with van der Waals surface area (Å²) in [5, 5.41) is 14.9. The molecule has 0 unspecified atom stereocenters. The van der Waals surface area contributed by atoms with Crippen molar-refractivity contribution in [2.24, 2.45) is 5.92 Å². The molecule has 0 saturated heterocycles. The number of rotatable bonds is 9. The fraction of sp³-hybridized carbons (Fsp3) is 0.360. The zero-order valence-electron chi connectivity index (χ0n) is 18.1. The number of allylic oxidation sites excluding steroid dienone is 2. The van der Waals surface area contributed by atoms with E-state index in [-0.39, 0.29) is 12.3 Å². The smallest absolute Gasteiger partial charge is 0.304 e. The molecule has 1 heterocycles. The molecular weight excluding hydrogens is 376 g/mol. The highest BCUT2D eigenvalue weighted by Gasteiger charge is 2.13. The number of nitrogens with zero attached hydrogens (tertiary/aromatic N) is 2. The molecule has 0 amide bonds. The van der Waals surface area contributed by atoms with Gasteiger partial charge in [-0.05, 0) is 54.7 Å². The number of benzene rings is 2. The van der Waals surface area contributed by atoms with Gasteiger partial charge in [0.05, 0.1) is 11.9 Å². The summed E-state index contributed by atoms with van der Waals surface area (Å²) in [6.07, 6.45) is 5.99. The molecule has 3 aromatic rings. The van der Waals surface area contributed by atoms with Crippen molar-refractivity contribution in [1.29, 1.82) is 0 Å². The molecule has 0 aliphatic rings. The van der Waals surface area contributed by atoms with Crippen LogP contribution in [0, 0.1) is 12.8 Å². The second-order valence-corrected chi connectivity index (χ2v) is 8.18. The fourth-order valence-corrected chi connectivity index (χ4v) is 3.68. The summed E-state index contributed by atoms with van der Waals surface area (Å²) in [6.45, 7) is 9.73. The lowest BCUT2D eigenvalue weighted by molar-refractivity contribution is -0.137. The molecule has 0 bridgehead atoms. The van der Waals surface area contributed by atoms with Crippen molar-refractivity contribution < 1.29 is 14.6 Å². The first-order valence-electron chi connectivity index (χ1n) is 10.4. The molecule has 0 aliphatic heterocycles. The van der Waals surface area contributed by atoms with Crippen LogP contribution >= 0.6 is 0 Å². The van der Waals surface area contributed by atoms with E-state index in [4.69, 9.17) is 14.9 Å². The lowest BCUT2D eigenvalue weighted by Gasteiger charge is -2.12. The highest BCUT2D eigenvalue weighted by molar-refractivity contribution is 5.82. The first kappa shape index (κ1) is 21.6. The molecule has 0 spiro atoms. The molecule has 0 fully saturated rings. The van der Waals surface area contributed by atoms with Gasteiger partial charge in [0.15, 0.2) is 0 Å². The van der Waals surface area contributed by atoms with Gasteiger partial charge in [-0.3, -0.25) is 9.48 Å². The standard InChI is InChI=1S/C25H30N2O3/c1-5-6-21(13-24(28)29)20-7-9-23(10-8-20)30-16-19-11-18(4)25-22(12-19)15-27(26-25)14-17(2)3/h5-12,15,17,21H,13-14,16H2,1-4H3,(H,28,29)/t21-/m1/s1. The third-order valence-corrected chi connectivity index (χ3v) is 4.99. The lowest BCUT2D eigenvalue weighted by Crippen LogP contribution is -2.04. The number of aryl methyl sites for hydroxylation is 1. The molecule has 30 heavy (non-hydrogen) atoms. The van der Waals surface area contributed by atoms with Gasteiger partial charge in [0.1, 0.15) is 12.4 Å². The van der Waals surface area contributed by atoms with Gasteiger partial charge in [0.2, 0.25) is 0 Å². The van der Waals surface area contributed by atoms with Crippen molar-refractivity contribution >= 4 is 16.9 Å². The van der Waals surface area contributed by atoms with Crippen LogP contribution in [0.1, 0.15) is 49.8 Å². The van der Waals surface area contributed by atoms with E-state index >= 15 is 0 Å². The maximum atomic E-state index is 11.1. The molecule has 1 N–H and O–H groups in total. The lowest BCUT2D eigenvalue weighted by atomic mass is 9.95. The number of fused-ring (bicyclic) bond motifs is 1. The van der Waals surface area contributed by atoms with Crippen molar-refractivity contribution in [3.05, 3.63) is 71.4 Å². The molecule has 5 nitrogen and oxygen atoms in total. The van der Waals surface area contributed by atoms with Crippen LogP contribution in [0.15, 0.2) is 54.7 Å². The van der Waals surface area contributed by atoms with E-state index in [2.05, 4.69) is 39.1 Å². The fourth-order valence-electron chi connectivity index (χ4n) is 3.68. The SMILES string of the molecule is CC=C[C@H](CC(=O)O)c1ccc(OCc2cc(C)c3nn(CC(C)C)cc3c2)cc1. The van der Waals surface area contributed by atoms with Gasteiger partial charge in [0, 0.05) is 24.0 Å². The topological polar surface area (TPSA) is 64.3 Å². The summed E-state index contributed by atoms with van der Waals surface area (Å²) in [7, 11) is 0. The molecular formula is C25H30N2O3. The van der Waals surface area contributed by atoms with Gasteiger partial charge in [-0.15, -0.1) is 0 Å². The van der Waals surface area contributed by atoms with Crippen molar-refractivity contribution in [1.82, 2.24) is 9.78 Å². The van der Waals surface area contributed by atoms with Gasteiger partial charge in [-0.25, -0.2) is 0 Å². The maximum absolute atomic E-state index is 11.1. The number of aromatic nitrogens is 2. The Morgan fingerprint density at radius 3 is 2.60 bits per heavy atom. The number of aliphatic carboxylic acids is 1. The minimum atomic E-state index is -0.805. The zero-order valence-corrected chi connectivity index (χ0v) is 18.1. The van der Waals surface area contributed by atoms with Crippen molar-refractivity contribution in [2.75, 3.05) is 0 Å². The van der Waals surface area contributed by atoms with Crippen LogP contribution in [0.2, 0.25) is 0 Å². The van der Waals surface area contributed by atoms with Crippen LogP contribution < -0.4 is 4.74 Å². The molecule has 158 valence electrons. The number of hydrogen-bond acceptors (Lipinski definition) is 3. The molecule has 5 heteroatoms. The number of hydrogen-bond donors (Lipinski definition) is 1. The van der Waals surface area contributed by atoms with Gasteiger partial charge in [-0.1, -0.05) is 44.2 Å². The first-order chi connectivity index (χ1) is 14.4. The van der Waals surface area contributed by atoms with E-state index in [0.717, 1.165) is 39.9 Å². The highest BCUT2D eigenvalue weighted by Crippen LogP contribution is 2.25. The third kappa shape index (κ3) is 5.50. The molecule has 0 saturated carbocycles. The Morgan fingerprint density at radius 2 is 1.97 bits per heavy atom. The monoisotopic (exact) mass is 406 g/mol. The van der Waals surface area contributed by atoms with Crippen LogP contribution in [-0.2, 0) is 17.9 Å². The number of carboxylic acids is 1. The van der Waals surface area contributed by atoms with Crippen molar-refractivity contribution in [3.8, 4) is 5.75 Å². The Balaban J connectivity index is 1.70. The summed E-state index contributed by atoms with van der Waals surface area (Å²) < 4.78 is 8.00. The average molecular weight is 407 g/mol. The number of carbonyl (C=O) groups is 1. The van der Waals surface area contributed by atoms with Crippen LogP contribution in [0.3, 0.4) is 0 Å². The molecule has 0 aliphatic carbocycles. The predicted octanol–water partition coefficient (Wildman–Crippen LogP) is 5.71. The maximum Gasteiger partial charge on any atom is 0.304 e. The molecule has 1 aromatic heterocycles. The quantitative estimate of drug-likeness (QED) is 0.462. The number of carboxylic acid groups (broad SMARTS) is 1. The van der Waals surface area contributed by atoms with Gasteiger partial charge < -0.3 is 9.84 Å². The van der Waals surface area contributed by atoms with Crippen LogP contribution in [-0.4, -0.2) is 20.9 Å². The Morgan fingerprint density at radius 1 is 1.23 bits per heavy atom. The second kappa shape index (κ2) is 9.61. The summed E-state index contributed by atoms with van der Waals surface area (Å²) in [6, 6.07) is 11.9. The molecule has 1 atom stereocenters. The zero-order chi connectivity index (χ0) is 21.7. The first-order valence-corrected chi connectivity index (χ1v) is 10.4. The van der Waals surface area contributed by atoms with E-state index in [9.17, 15) is 4.79 Å². The van der Waals surface area contributed by atoms with E-state index in [1.807, 2.05) is 48.0 Å². The predicted molar refractivity (Wildman–Crippen MR) is 120 cm³/mol. The molecule has 3 rings (SSSR count). The van der Waals surface area contributed by atoms with E-state index in [1.165, 1.54) is 0 Å². The third-order valence-electron chi connectivity index (χ3n) is 4.99. The van der Waals surface area contributed by atoms with Crippen LogP contribution in [0.25, 0.3) is 10.9 Å². The van der Waals surface area contributed by atoms with Gasteiger partial charge >= 0.3 is 5.97 Å². The van der Waals surface area contributed by atoms with Gasteiger partial charge in [0.25, 0.3) is 0 Å². The Labute approximate surface area is 178 Å². The van der Waals surface area contributed by atoms with Crippen molar-refractivity contribution in [3.63, 3.8) is 0 Å². The average Bonchev–Trinajstić information content (AvgIpc) is 3.08. The largest absolute Gasteiger partial charge is 0.489 e. The minimum Gasteiger partial charge on any atom is -0.489 e. The Kier molecular flexibility index (Phi) is 6.93. The van der Waals surface area contributed by atoms with E-state index in [1.54, 1.807) is 0 Å². The second-order valence-electron chi connectivity index (χ2n) is 8.18. The minimum absolute atomic E-state index is 0.0777. The summed E-state index contributed by atoms with van der Waals surface area (Å²) in [5.74, 6) is 0.379. The summed E-state index contributed by atoms with van der Waals surface area (Å²) >= 11 is 0. The Hall–Kier alpha value is -3.08. The van der Waals surface area contributed by atoms with Gasteiger partial charge in [-0.2, -0.15) is 5.10 Å². The van der Waals surface area contributed by atoms with Crippen LogP contribution in [0.5, 0.6) is 5.75 Å².